The zero-order valence-electron chi connectivity index (χ0n) is 17.0. The van der Waals surface area contributed by atoms with Crippen LogP contribution in [0.4, 0.5) is 5.69 Å². The monoisotopic (exact) mass is 392 g/mol. The number of aryl methyl sites for hydroxylation is 1. The van der Waals surface area contributed by atoms with Gasteiger partial charge in [0.05, 0.1) is 30.8 Å². The third kappa shape index (κ3) is 4.11. The molecular weight excluding hydrogens is 364 g/mol. The number of anilines is 1. The van der Waals surface area contributed by atoms with Crippen LogP contribution in [0.5, 0.6) is 0 Å². The molecule has 0 saturated carbocycles. The Hall–Kier alpha value is -2.51. The maximum Gasteiger partial charge on any atom is 0.156 e. The molecule has 7 nitrogen and oxygen atoms in total. The van der Waals surface area contributed by atoms with Crippen LogP contribution >= 0.6 is 0 Å². The fourth-order valence-corrected chi connectivity index (χ4v) is 4.40. The van der Waals surface area contributed by atoms with Gasteiger partial charge in [0, 0.05) is 37.8 Å². The van der Waals surface area contributed by atoms with Gasteiger partial charge in [0.25, 0.3) is 0 Å². The van der Waals surface area contributed by atoms with Crippen LogP contribution in [0.2, 0.25) is 0 Å². The third-order valence-corrected chi connectivity index (χ3v) is 5.91. The summed E-state index contributed by atoms with van der Waals surface area (Å²) < 4.78 is 7.41. The highest BCUT2D eigenvalue weighted by atomic mass is 16.5. The fourth-order valence-electron chi connectivity index (χ4n) is 4.40. The maximum atomic E-state index is 5.47. The van der Waals surface area contributed by atoms with E-state index in [1.54, 1.807) is 0 Å². The van der Waals surface area contributed by atoms with Crippen LogP contribution in [0.25, 0.3) is 5.65 Å². The molecule has 0 radical (unpaired) electrons. The van der Waals surface area contributed by atoms with Crippen LogP contribution in [0.1, 0.15) is 36.0 Å². The lowest BCUT2D eigenvalue weighted by atomic mass is 9.97. The van der Waals surface area contributed by atoms with Crippen molar-refractivity contribution in [1.82, 2.24) is 24.5 Å². The molecule has 5 rings (SSSR count). The summed E-state index contributed by atoms with van der Waals surface area (Å²) in [5.41, 5.74) is 4.33. The van der Waals surface area contributed by atoms with Gasteiger partial charge in [0.2, 0.25) is 0 Å². The van der Waals surface area contributed by atoms with Crippen molar-refractivity contribution in [3.63, 3.8) is 0 Å². The molecule has 0 aliphatic carbocycles. The first-order valence-electron chi connectivity index (χ1n) is 10.6. The number of piperidine rings is 1. The predicted molar refractivity (Wildman–Crippen MR) is 112 cm³/mol. The van der Waals surface area contributed by atoms with E-state index in [0.29, 0.717) is 5.92 Å². The molecule has 3 aromatic rings. The summed E-state index contributed by atoms with van der Waals surface area (Å²) in [7, 11) is 0. The Morgan fingerprint density at radius 1 is 1.07 bits per heavy atom. The second kappa shape index (κ2) is 8.08. The van der Waals surface area contributed by atoms with Crippen molar-refractivity contribution in [2.24, 2.45) is 0 Å². The minimum Gasteiger partial charge on any atom is -0.378 e. The molecule has 1 atom stereocenters. The van der Waals surface area contributed by atoms with Gasteiger partial charge in [-0.25, -0.2) is 9.50 Å². The standard InChI is InChI=1S/C22H28N6O/c1-17-4-2-6-19(23-17)15-26-9-3-5-18(14-26)22-24-21-8-7-20(16-28(21)25-22)27-10-12-29-13-11-27/h2,4,6-8,16,18H,3,5,9-15H2,1H3/t18-/m0/s1. The van der Waals surface area contributed by atoms with Crippen molar-refractivity contribution in [2.75, 3.05) is 44.3 Å². The first-order valence-corrected chi connectivity index (χ1v) is 10.6. The minimum absolute atomic E-state index is 0.375. The molecule has 0 bridgehead atoms. The summed E-state index contributed by atoms with van der Waals surface area (Å²) in [4.78, 5) is 14.3. The van der Waals surface area contributed by atoms with Gasteiger partial charge in [0.15, 0.2) is 11.5 Å². The smallest absolute Gasteiger partial charge is 0.156 e. The summed E-state index contributed by atoms with van der Waals surface area (Å²) in [6, 6.07) is 10.5. The molecule has 3 aromatic heterocycles. The number of pyridine rings is 2. The normalized spacial score (nSPS) is 21.0. The number of rotatable bonds is 4. The number of ether oxygens (including phenoxy) is 1. The topological polar surface area (TPSA) is 58.8 Å². The van der Waals surface area contributed by atoms with Crippen molar-refractivity contribution in [3.05, 3.63) is 53.7 Å². The van der Waals surface area contributed by atoms with Crippen molar-refractivity contribution < 1.29 is 4.74 Å². The molecule has 29 heavy (non-hydrogen) atoms. The van der Waals surface area contributed by atoms with E-state index < -0.39 is 0 Å². The number of hydrogen-bond acceptors (Lipinski definition) is 6. The molecule has 0 unspecified atom stereocenters. The Bertz CT molecular complexity index is 980. The lowest BCUT2D eigenvalue weighted by Crippen LogP contribution is -2.36. The van der Waals surface area contributed by atoms with Gasteiger partial charge in [0.1, 0.15) is 0 Å². The second-order valence-corrected chi connectivity index (χ2v) is 8.10. The Balaban J connectivity index is 1.31. The summed E-state index contributed by atoms with van der Waals surface area (Å²) in [5.74, 6) is 1.34. The lowest BCUT2D eigenvalue weighted by molar-refractivity contribution is 0.122. The predicted octanol–water partition coefficient (Wildman–Crippen LogP) is 2.65. The molecular formula is C22H28N6O. The lowest BCUT2D eigenvalue weighted by Gasteiger charge is -2.31. The average Bonchev–Trinajstić information content (AvgIpc) is 3.18. The molecule has 2 fully saturated rings. The number of fused-ring (bicyclic) bond motifs is 1. The Kier molecular flexibility index (Phi) is 5.16. The molecule has 152 valence electrons. The summed E-state index contributed by atoms with van der Waals surface area (Å²) in [6.45, 7) is 8.47. The molecule has 0 aromatic carbocycles. The van der Waals surface area contributed by atoms with Crippen molar-refractivity contribution in [2.45, 2.75) is 32.2 Å². The van der Waals surface area contributed by atoms with Gasteiger partial charge in [-0.1, -0.05) is 6.07 Å². The molecule has 0 N–H and O–H groups in total. The molecule has 0 spiro atoms. The van der Waals surface area contributed by atoms with Crippen molar-refractivity contribution in [3.8, 4) is 0 Å². The van der Waals surface area contributed by atoms with E-state index in [1.807, 2.05) is 17.5 Å². The highest BCUT2D eigenvalue weighted by Crippen LogP contribution is 2.26. The molecule has 5 heterocycles. The highest BCUT2D eigenvalue weighted by Gasteiger charge is 2.25. The van der Waals surface area contributed by atoms with Crippen LogP contribution in [0, 0.1) is 6.92 Å². The van der Waals surface area contributed by atoms with Gasteiger partial charge in [-0.3, -0.25) is 9.88 Å². The van der Waals surface area contributed by atoms with Crippen LogP contribution < -0.4 is 4.90 Å². The maximum absolute atomic E-state index is 5.47. The van der Waals surface area contributed by atoms with E-state index in [4.69, 9.17) is 14.8 Å². The van der Waals surface area contributed by atoms with E-state index in [0.717, 1.165) is 75.2 Å². The van der Waals surface area contributed by atoms with Gasteiger partial charge in [-0.05, 0) is 50.6 Å². The van der Waals surface area contributed by atoms with Crippen molar-refractivity contribution in [1.29, 1.82) is 0 Å². The first kappa shape index (κ1) is 18.5. The Morgan fingerprint density at radius 2 is 1.97 bits per heavy atom. The zero-order chi connectivity index (χ0) is 19.6. The minimum atomic E-state index is 0.375. The average molecular weight is 393 g/mol. The van der Waals surface area contributed by atoms with E-state index in [1.165, 1.54) is 12.1 Å². The Morgan fingerprint density at radius 3 is 2.83 bits per heavy atom. The van der Waals surface area contributed by atoms with E-state index >= 15 is 0 Å². The number of nitrogens with zero attached hydrogens (tertiary/aromatic N) is 6. The summed E-state index contributed by atoms with van der Waals surface area (Å²) >= 11 is 0. The van der Waals surface area contributed by atoms with Crippen molar-refractivity contribution >= 4 is 11.3 Å². The second-order valence-electron chi connectivity index (χ2n) is 8.10. The van der Waals surface area contributed by atoms with Crippen LogP contribution in [-0.4, -0.2) is 63.9 Å². The van der Waals surface area contributed by atoms with Gasteiger partial charge in [-0.2, -0.15) is 5.10 Å². The van der Waals surface area contributed by atoms with Gasteiger partial charge < -0.3 is 9.64 Å². The van der Waals surface area contributed by atoms with Gasteiger partial charge in [-0.15, -0.1) is 0 Å². The molecule has 2 saturated heterocycles. The summed E-state index contributed by atoms with van der Waals surface area (Å²) in [5, 5.41) is 4.85. The largest absolute Gasteiger partial charge is 0.378 e. The van der Waals surface area contributed by atoms with Crippen LogP contribution in [-0.2, 0) is 11.3 Å². The first-order chi connectivity index (χ1) is 14.2. The zero-order valence-corrected chi connectivity index (χ0v) is 17.0. The van der Waals surface area contributed by atoms with Crippen LogP contribution in [0.15, 0.2) is 36.5 Å². The third-order valence-electron chi connectivity index (χ3n) is 5.91. The molecule has 7 heteroatoms. The number of morpholine rings is 1. The van der Waals surface area contributed by atoms with E-state index in [9.17, 15) is 0 Å². The fraction of sp³-hybridized carbons (Fsp3) is 0.500. The summed E-state index contributed by atoms with van der Waals surface area (Å²) in [6.07, 6.45) is 4.42. The number of likely N-dealkylation sites (tertiary alicyclic amines) is 1. The van der Waals surface area contributed by atoms with Crippen LogP contribution in [0.3, 0.4) is 0 Å². The van der Waals surface area contributed by atoms with E-state index in [-0.39, 0.29) is 0 Å². The number of aromatic nitrogens is 4. The molecule has 0 amide bonds. The van der Waals surface area contributed by atoms with E-state index in [2.05, 4.69) is 45.2 Å². The number of hydrogen-bond donors (Lipinski definition) is 0. The highest BCUT2D eigenvalue weighted by molar-refractivity contribution is 5.51. The Labute approximate surface area is 171 Å². The molecule has 2 aliphatic heterocycles. The molecule has 2 aliphatic rings. The SMILES string of the molecule is Cc1cccc(CN2CCC[C@H](c3nc4ccc(N5CCOCC5)cn4n3)C2)n1. The quantitative estimate of drug-likeness (QED) is 0.680. The van der Waals surface area contributed by atoms with Gasteiger partial charge >= 0.3 is 0 Å².